The molecule has 0 aliphatic heterocycles. The Morgan fingerprint density at radius 3 is 3.15 bits per heavy atom. The number of aromatic nitrogens is 1. The summed E-state index contributed by atoms with van der Waals surface area (Å²) >= 11 is 5.17. The van der Waals surface area contributed by atoms with Crippen LogP contribution in [0.4, 0.5) is 0 Å². The molecule has 68 valence electrons. The van der Waals surface area contributed by atoms with Crippen molar-refractivity contribution in [2.45, 2.75) is 6.54 Å². The minimum absolute atomic E-state index is 0.844. The Balaban J connectivity index is 2.49. The second-order valence-corrected chi connectivity index (χ2v) is 4.78. The average Bonchev–Trinajstić information content (AvgIpc) is 2.46. The van der Waals surface area contributed by atoms with Crippen molar-refractivity contribution in [2.75, 3.05) is 7.05 Å². The van der Waals surface area contributed by atoms with E-state index in [0.717, 1.165) is 21.5 Å². The average molecular weight is 257 g/mol. The van der Waals surface area contributed by atoms with Crippen LogP contribution in [0.15, 0.2) is 22.7 Å². The zero-order valence-electron chi connectivity index (χ0n) is 7.17. The van der Waals surface area contributed by atoms with Crippen molar-refractivity contribution in [3.8, 4) is 0 Å². The Kier molecular flexibility index (Phi) is 2.62. The van der Waals surface area contributed by atoms with Crippen LogP contribution >= 0.6 is 27.3 Å². The zero-order valence-corrected chi connectivity index (χ0v) is 9.58. The van der Waals surface area contributed by atoms with E-state index in [9.17, 15) is 0 Å². The standard InChI is InChI=1S/C9H9BrN2S/c1-11-5-9-12-7-4-6(10)2-3-8(7)13-9/h2-4,11H,5H2,1H3. The van der Waals surface area contributed by atoms with Gasteiger partial charge in [0.2, 0.25) is 0 Å². The van der Waals surface area contributed by atoms with Gasteiger partial charge in [0, 0.05) is 11.0 Å². The maximum absolute atomic E-state index is 4.49. The Hall–Kier alpha value is -0.450. The summed E-state index contributed by atoms with van der Waals surface area (Å²) in [5, 5.41) is 4.23. The molecule has 13 heavy (non-hydrogen) atoms. The lowest BCUT2D eigenvalue weighted by atomic mass is 10.3. The predicted molar refractivity (Wildman–Crippen MR) is 60.1 cm³/mol. The van der Waals surface area contributed by atoms with Crippen LogP contribution in [-0.2, 0) is 6.54 Å². The summed E-state index contributed by atoms with van der Waals surface area (Å²) in [6, 6.07) is 6.19. The van der Waals surface area contributed by atoms with E-state index in [1.165, 1.54) is 4.70 Å². The Bertz CT molecular complexity index is 424. The first-order valence-corrected chi connectivity index (χ1v) is 5.60. The van der Waals surface area contributed by atoms with E-state index in [1.807, 2.05) is 19.2 Å². The summed E-state index contributed by atoms with van der Waals surface area (Å²) in [7, 11) is 1.93. The minimum atomic E-state index is 0.844. The monoisotopic (exact) mass is 256 g/mol. The minimum Gasteiger partial charge on any atom is -0.314 e. The lowest BCUT2D eigenvalue weighted by Crippen LogP contribution is -2.03. The number of nitrogens with one attached hydrogen (secondary N) is 1. The van der Waals surface area contributed by atoms with Gasteiger partial charge < -0.3 is 5.32 Å². The molecule has 1 aromatic heterocycles. The molecule has 0 amide bonds. The number of nitrogens with zero attached hydrogens (tertiary/aromatic N) is 1. The number of hydrogen-bond donors (Lipinski definition) is 1. The molecule has 2 aromatic rings. The van der Waals surface area contributed by atoms with Crippen molar-refractivity contribution in [2.24, 2.45) is 0 Å². The van der Waals surface area contributed by atoms with Crippen LogP contribution in [-0.4, -0.2) is 12.0 Å². The number of fused-ring (bicyclic) bond motifs is 1. The molecule has 0 aliphatic carbocycles. The van der Waals surface area contributed by atoms with E-state index in [4.69, 9.17) is 0 Å². The third kappa shape index (κ3) is 1.90. The van der Waals surface area contributed by atoms with Gasteiger partial charge in [0.05, 0.1) is 10.2 Å². The highest BCUT2D eigenvalue weighted by molar-refractivity contribution is 9.10. The molecule has 1 N–H and O–H groups in total. The van der Waals surface area contributed by atoms with E-state index >= 15 is 0 Å². The molecule has 2 rings (SSSR count). The van der Waals surface area contributed by atoms with Crippen molar-refractivity contribution in [3.05, 3.63) is 27.7 Å². The Morgan fingerprint density at radius 1 is 1.54 bits per heavy atom. The van der Waals surface area contributed by atoms with Gasteiger partial charge in [-0.2, -0.15) is 0 Å². The van der Waals surface area contributed by atoms with Crippen molar-refractivity contribution < 1.29 is 0 Å². The number of rotatable bonds is 2. The summed E-state index contributed by atoms with van der Waals surface area (Å²) in [5.74, 6) is 0. The summed E-state index contributed by atoms with van der Waals surface area (Å²) in [6.07, 6.45) is 0. The molecule has 1 aromatic carbocycles. The first-order chi connectivity index (χ1) is 6.29. The highest BCUT2D eigenvalue weighted by Crippen LogP contribution is 2.24. The predicted octanol–water partition coefficient (Wildman–Crippen LogP) is 2.78. The molecule has 0 unspecified atom stereocenters. The van der Waals surface area contributed by atoms with Crippen molar-refractivity contribution in [3.63, 3.8) is 0 Å². The summed E-state index contributed by atoms with van der Waals surface area (Å²) in [6.45, 7) is 0.844. The molecule has 0 saturated carbocycles. The van der Waals surface area contributed by atoms with E-state index in [0.29, 0.717) is 0 Å². The van der Waals surface area contributed by atoms with Crippen LogP contribution in [0.25, 0.3) is 10.2 Å². The molecule has 2 nitrogen and oxygen atoms in total. The van der Waals surface area contributed by atoms with E-state index in [2.05, 4.69) is 32.3 Å². The van der Waals surface area contributed by atoms with E-state index in [-0.39, 0.29) is 0 Å². The van der Waals surface area contributed by atoms with Crippen molar-refractivity contribution in [1.29, 1.82) is 0 Å². The fourth-order valence-corrected chi connectivity index (χ4v) is 2.48. The number of hydrogen-bond acceptors (Lipinski definition) is 3. The lowest BCUT2D eigenvalue weighted by Gasteiger charge is -1.88. The van der Waals surface area contributed by atoms with Gasteiger partial charge in [-0.15, -0.1) is 11.3 Å². The number of thiazole rings is 1. The third-order valence-electron chi connectivity index (χ3n) is 1.72. The molecule has 0 spiro atoms. The van der Waals surface area contributed by atoms with Crippen LogP contribution in [0.3, 0.4) is 0 Å². The highest BCUT2D eigenvalue weighted by atomic mass is 79.9. The second kappa shape index (κ2) is 3.74. The first-order valence-electron chi connectivity index (χ1n) is 3.99. The Morgan fingerprint density at radius 2 is 2.38 bits per heavy atom. The van der Waals surface area contributed by atoms with Crippen LogP contribution in [0.1, 0.15) is 5.01 Å². The molecule has 0 bridgehead atoms. The maximum atomic E-state index is 4.49. The topological polar surface area (TPSA) is 24.9 Å². The van der Waals surface area contributed by atoms with E-state index in [1.54, 1.807) is 11.3 Å². The van der Waals surface area contributed by atoms with Crippen LogP contribution in [0, 0.1) is 0 Å². The van der Waals surface area contributed by atoms with Gasteiger partial charge in [-0.1, -0.05) is 15.9 Å². The van der Waals surface area contributed by atoms with Crippen LogP contribution in [0.5, 0.6) is 0 Å². The fourth-order valence-electron chi connectivity index (χ4n) is 1.18. The zero-order chi connectivity index (χ0) is 9.26. The van der Waals surface area contributed by atoms with Gasteiger partial charge in [-0.3, -0.25) is 0 Å². The number of halogens is 1. The van der Waals surface area contributed by atoms with Gasteiger partial charge in [-0.25, -0.2) is 4.98 Å². The summed E-state index contributed by atoms with van der Waals surface area (Å²) in [4.78, 5) is 4.49. The van der Waals surface area contributed by atoms with Gasteiger partial charge in [0.1, 0.15) is 5.01 Å². The largest absolute Gasteiger partial charge is 0.314 e. The van der Waals surface area contributed by atoms with Gasteiger partial charge in [0.15, 0.2) is 0 Å². The molecule has 0 aliphatic rings. The summed E-state index contributed by atoms with van der Waals surface area (Å²) < 4.78 is 2.33. The van der Waals surface area contributed by atoms with Gasteiger partial charge in [-0.05, 0) is 25.2 Å². The van der Waals surface area contributed by atoms with E-state index < -0.39 is 0 Å². The van der Waals surface area contributed by atoms with Crippen molar-refractivity contribution >= 4 is 37.5 Å². The molecule has 1 heterocycles. The van der Waals surface area contributed by atoms with Gasteiger partial charge >= 0.3 is 0 Å². The Labute approximate surface area is 89.1 Å². The lowest BCUT2D eigenvalue weighted by molar-refractivity contribution is 0.812. The molecular formula is C9H9BrN2S. The first kappa shape index (κ1) is 9.12. The molecular weight excluding hydrogens is 248 g/mol. The third-order valence-corrected chi connectivity index (χ3v) is 3.25. The molecule has 4 heteroatoms. The second-order valence-electron chi connectivity index (χ2n) is 2.75. The fraction of sp³-hybridized carbons (Fsp3) is 0.222. The van der Waals surface area contributed by atoms with Crippen LogP contribution in [0.2, 0.25) is 0 Å². The van der Waals surface area contributed by atoms with Crippen LogP contribution < -0.4 is 5.32 Å². The van der Waals surface area contributed by atoms with Crippen molar-refractivity contribution in [1.82, 2.24) is 10.3 Å². The van der Waals surface area contributed by atoms with Gasteiger partial charge in [0.25, 0.3) is 0 Å². The number of benzene rings is 1. The molecule has 0 saturated heterocycles. The molecule has 0 fully saturated rings. The maximum Gasteiger partial charge on any atom is 0.108 e. The smallest absolute Gasteiger partial charge is 0.108 e. The summed E-state index contributed by atoms with van der Waals surface area (Å²) in [5.41, 5.74) is 1.07. The molecule has 0 atom stereocenters. The highest BCUT2D eigenvalue weighted by Gasteiger charge is 2.02. The normalized spacial score (nSPS) is 10.9. The quantitative estimate of drug-likeness (QED) is 0.894. The SMILES string of the molecule is CNCc1nc2cc(Br)ccc2s1. The molecule has 0 radical (unpaired) electrons.